The Morgan fingerprint density at radius 3 is 2.90 bits per heavy atom. The molecular formula is C13H16ClN5O2. The lowest BCUT2D eigenvalue weighted by Gasteiger charge is -2.21. The lowest BCUT2D eigenvalue weighted by atomic mass is 9.83. The van der Waals surface area contributed by atoms with Gasteiger partial charge in [-0.3, -0.25) is 4.79 Å². The number of H-pyrrole nitrogens is 1. The first-order valence-corrected chi connectivity index (χ1v) is 7.07. The largest absolute Gasteiger partial charge is 0.481 e. The molecule has 21 heavy (non-hydrogen) atoms. The van der Waals surface area contributed by atoms with Crippen LogP contribution in [0.3, 0.4) is 0 Å². The highest BCUT2D eigenvalue weighted by atomic mass is 35.5. The van der Waals surface area contributed by atoms with Crippen molar-refractivity contribution >= 4 is 17.6 Å². The van der Waals surface area contributed by atoms with Crippen molar-refractivity contribution in [3.05, 3.63) is 34.9 Å². The summed E-state index contributed by atoms with van der Waals surface area (Å²) in [6.07, 6.45) is 3.31. The van der Waals surface area contributed by atoms with Crippen molar-refractivity contribution in [2.75, 3.05) is 0 Å². The molecule has 2 aromatic rings. The molecule has 0 aromatic carbocycles. The number of rotatable bonds is 7. The van der Waals surface area contributed by atoms with Crippen LogP contribution < -0.4 is 0 Å². The first kappa shape index (κ1) is 15.4. The number of hydrogen-bond donors (Lipinski definition) is 2. The number of aromatic amines is 1. The zero-order valence-corrected chi connectivity index (χ0v) is 12.3. The molecule has 0 amide bonds. The highest BCUT2D eigenvalue weighted by Crippen LogP contribution is 2.31. The second-order valence-electron chi connectivity index (χ2n) is 4.78. The van der Waals surface area contributed by atoms with Crippen LogP contribution in [0.4, 0.5) is 0 Å². The summed E-state index contributed by atoms with van der Waals surface area (Å²) < 4.78 is 0. The maximum absolute atomic E-state index is 11.6. The van der Waals surface area contributed by atoms with Gasteiger partial charge in [0.1, 0.15) is 5.15 Å². The molecule has 0 aliphatic heterocycles. The van der Waals surface area contributed by atoms with Gasteiger partial charge in [-0.05, 0) is 34.9 Å². The van der Waals surface area contributed by atoms with E-state index in [1.165, 1.54) is 0 Å². The van der Waals surface area contributed by atoms with Gasteiger partial charge < -0.3 is 5.11 Å². The Kier molecular flexibility index (Phi) is 5.21. The number of carbonyl (C=O) groups is 1. The van der Waals surface area contributed by atoms with Crippen LogP contribution in [-0.2, 0) is 11.2 Å². The van der Waals surface area contributed by atoms with E-state index >= 15 is 0 Å². The first-order chi connectivity index (χ1) is 10.1. The van der Waals surface area contributed by atoms with E-state index in [0.717, 1.165) is 12.0 Å². The van der Waals surface area contributed by atoms with Crippen LogP contribution in [0.5, 0.6) is 0 Å². The SMILES string of the molecule is CCC[C@H](C(=O)O)[C@H](Cc1cccnc1Cl)c1nnn[nH]1. The first-order valence-electron chi connectivity index (χ1n) is 6.69. The maximum Gasteiger partial charge on any atom is 0.307 e. The number of nitrogens with zero attached hydrogens (tertiary/aromatic N) is 4. The fourth-order valence-electron chi connectivity index (χ4n) is 2.37. The van der Waals surface area contributed by atoms with Gasteiger partial charge in [-0.25, -0.2) is 10.1 Å². The second-order valence-corrected chi connectivity index (χ2v) is 5.14. The number of aliphatic carboxylic acids is 1. The number of carboxylic acid groups (broad SMARTS) is 1. The van der Waals surface area contributed by atoms with Crippen LogP contribution in [0.1, 0.15) is 37.1 Å². The Morgan fingerprint density at radius 1 is 1.52 bits per heavy atom. The van der Waals surface area contributed by atoms with Gasteiger partial charge in [-0.1, -0.05) is 31.0 Å². The molecule has 2 rings (SSSR count). The molecule has 0 radical (unpaired) electrons. The fraction of sp³-hybridized carbons (Fsp3) is 0.462. The summed E-state index contributed by atoms with van der Waals surface area (Å²) in [4.78, 5) is 15.6. The van der Waals surface area contributed by atoms with Gasteiger partial charge in [0.05, 0.1) is 5.92 Å². The van der Waals surface area contributed by atoms with Crippen molar-refractivity contribution in [1.82, 2.24) is 25.6 Å². The van der Waals surface area contributed by atoms with Crippen molar-refractivity contribution in [2.45, 2.75) is 32.1 Å². The number of nitrogens with one attached hydrogen (secondary N) is 1. The van der Waals surface area contributed by atoms with E-state index in [4.69, 9.17) is 11.6 Å². The number of aromatic nitrogens is 5. The zero-order chi connectivity index (χ0) is 15.2. The molecule has 2 N–H and O–H groups in total. The molecule has 0 fully saturated rings. The molecule has 7 nitrogen and oxygen atoms in total. The predicted octanol–water partition coefficient (Wildman–Crippen LogP) is 2.08. The highest BCUT2D eigenvalue weighted by Gasteiger charge is 2.32. The summed E-state index contributed by atoms with van der Waals surface area (Å²) in [6.45, 7) is 1.95. The minimum atomic E-state index is -0.863. The van der Waals surface area contributed by atoms with Crippen molar-refractivity contribution in [2.24, 2.45) is 5.92 Å². The van der Waals surface area contributed by atoms with Crippen LogP contribution in [-0.4, -0.2) is 36.7 Å². The number of halogens is 1. The summed E-state index contributed by atoms with van der Waals surface area (Å²) in [5, 5.41) is 23.5. The van der Waals surface area contributed by atoms with Crippen LogP contribution in [0.2, 0.25) is 5.15 Å². The molecule has 2 heterocycles. The molecule has 0 spiro atoms. The summed E-state index contributed by atoms with van der Waals surface area (Å²) in [6, 6.07) is 3.60. The van der Waals surface area contributed by atoms with E-state index in [0.29, 0.717) is 23.8 Å². The number of hydrogen-bond acceptors (Lipinski definition) is 5. The molecular weight excluding hydrogens is 294 g/mol. The van der Waals surface area contributed by atoms with E-state index < -0.39 is 11.9 Å². The monoisotopic (exact) mass is 309 g/mol. The standard InChI is InChI=1S/C13H16ClN5O2/c1-2-4-9(13(20)21)10(12-16-18-19-17-12)7-8-5-3-6-15-11(8)14/h3,5-6,9-10H,2,4,7H2,1H3,(H,20,21)(H,16,17,18,19)/t9-,10-/m0/s1. The van der Waals surface area contributed by atoms with Crippen molar-refractivity contribution in [3.63, 3.8) is 0 Å². The van der Waals surface area contributed by atoms with Crippen molar-refractivity contribution < 1.29 is 9.90 Å². The quantitative estimate of drug-likeness (QED) is 0.759. The number of carboxylic acids is 1. The molecule has 0 saturated heterocycles. The third kappa shape index (κ3) is 3.75. The average Bonchev–Trinajstić information content (AvgIpc) is 2.98. The summed E-state index contributed by atoms with van der Waals surface area (Å²) >= 11 is 6.07. The molecule has 112 valence electrons. The molecule has 0 aliphatic rings. The predicted molar refractivity (Wildman–Crippen MR) is 75.9 cm³/mol. The van der Waals surface area contributed by atoms with Gasteiger partial charge in [0.15, 0.2) is 5.82 Å². The highest BCUT2D eigenvalue weighted by molar-refractivity contribution is 6.30. The van der Waals surface area contributed by atoms with Crippen LogP contribution in [0, 0.1) is 5.92 Å². The third-order valence-corrected chi connectivity index (χ3v) is 3.73. The van der Waals surface area contributed by atoms with E-state index in [2.05, 4.69) is 25.6 Å². The summed E-state index contributed by atoms with van der Waals surface area (Å²) in [7, 11) is 0. The Balaban J connectivity index is 2.32. The van der Waals surface area contributed by atoms with Gasteiger partial charge in [-0.2, -0.15) is 0 Å². The molecule has 0 saturated carbocycles. The fourth-order valence-corrected chi connectivity index (χ4v) is 2.57. The zero-order valence-electron chi connectivity index (χ0n) is 11.5. The molecule has 0 bridgehead atoms. The summed E-state index contributed by atoms with van der Waals surface area (Å²) in [5.74, 6) is -1.37. The van der Waals surface area contributed by atoms with E-state index in [-0.39, 0.29) is 5.92 Å². The molecule has 0 aliphatic carbocycles. The minimum Gasteiger partial charge on any atom is -0.481 e. The smallest absolute Gasteiger partial charge is 0.307 e. The minimum absolute atomic E-state index is 0.371. The summed E-state index contributed by atoms with van der Waals surface area (Å²) in [5.41, 5.74) is 0.780. The molecule has 0 unspecified atom stereocenters. The third-order valence-electron chi connectivity index (χ3n) is 3.39. The van der Waals surface area contributed by atoms with Crippen LogP contribution in [0.15, 0.2) is 18.3 Å². The van der Waals surface area contributed by atoms with Gasteiger partial charge in [0.2, 0.25) is 0 Å². The maximum atomic E-state index is 11.6. The van der Waals surface area contributed by atoms with Gasteiger partial charge in [0, 0.05) is 12.1 Å². The van der Waals surface area contributed by atoms with E-state index in [9.17, 15) is 9.90 Å². The van der Waals surface area contributed by atoms with Gasteiger partial charge >= 0.3 is 5.97 Å². The van der Waals surface area contributed by atoms with Crippen LogP contribution in [0.25, 0.3) is 0 Å². The second kappa shape index (κ2) is 7.12. The topological polar surface area (TPSA) is 105 Å². The number of pyridine rings is 1. The van der Waals surface area contributed by atoms with Crippen molar-refractivity contribution in [1.29, 1.82) is 0 Å². The molecule has 8 heteroatoms. The van der Waals surface area contributed by atoms with E-state index in [1.54, 1.807) is 12.3 Å². The molecule has 2 aromatic heterocycles. The average molecular weight is 310 g/mol. The van der Waals surface area contributed by atoms with Crippen LogP contribution >= 0.6 is 11.6 Å². The van der Waals surface area contributed by atoms with E-state index in [1.807, 2.05) is 13.0 Å². The lowest BCUT2D eigenvalue weighted by molar-refractivity contribution is -0.142. The Morgan fingerprint density at radius 2 is 2.33 bits per heavy atom. The normalized spacial score (nSPS) is 13.8. The van der Waals surface area contributed by atoms with Crippen molar-refractivity contribution in [3.8, 4) is 0 Å². The Labute approximate surface area is 126 Å². The van der Waals surface area contributed by atoms with Gasteiger partial charge in [-0.15, -0.1) is 5.10 Å². The van der Waals surface area contributed by atoms with Gasteiger partial charge in [0.25, 0.3) is 0 Å². The lowest BCUT2D eigenvalue weighted by Crippen LogP contribution is -2.25. The number of tetrazole rings is 1. The Hall–Kier alpha value is -2.02. The molecule has 2 atom stereocenters. The Bertz CT molecular complexity index is 590.